The molecule has 0 unspecified atom stereocenters. The van der Waals surface area contributed by atoms with Gasteiger partial charge in [0.2, 0.25) is 0 Å². The van der Waals surface area contributed by atoms with Crippen molar-refractivity contribution in [1.82, 2.24) is 0 Å². The second-order valence-electron chi connectivity index (χ2n) is 15.3. The molecule has 0 amide bonds. The van der Waals surface area contributed by atoms with Crippen molar-refractivity contribution in [2.75, 3.05) is 290 Å². The topological polar surface area (TPSA) is 380 Å². The number of rotatable bonds is 68. The molecule has 0 heterocycles. The summed E-state index contributed by atoms with van der Waals surface area (Å²) >= 11 is 0. The summed E-state index contributed by atoms with van der Waals surface area (Å²) in [6, 6.07) is 0. The third-order valence-electron chi connectivity index (χ3n) is 9.18. The quantitative estimate of drug-likeness (QED) is 0.0364. The zero-order valence-electron chi connectivity index (χ0n) is 45.1. The SMILES string of the molecule is [N-]=[N+]=NCCOCCOCCOCCOCCOCC(COCCOCCOCCOCCOCCN=[N+]=[N-])(COCCOCCOCCOCCOCCN=[N+]=[N-])COCCOCCOCCOCCOCCN=[N+]=[N-]. The van der Waals surface area contributed by atoms with Gasteiger partial charge in [0.05, 0.1) is 270 Å². The van der Waals surface area contributed by atoms with Gasteiger partial charge in [0.25, 0.3) is 0 Å². The van der Waals surface area contributed by atoms with E-state index in [4.69, 9.17) is 117 Å². The van der Waals surface area contributed by atoms with Crippen molar-refractivity contribution in [2.45, 2.75) is 0 Å². The van der Waals surface area contributed by atoms with E-state index in [0.29, 0.717) is 238 Å². The van der Waals surface area contributed by atoms with Crippen LogP contribution in [0.4, 0.5) is 0 Å². The van der Waals surface area contributed by atoms with Crippen LogP contribution in [0.3, 0.4) is 0 Å². The molecule has 0 aliphatic heterocycles. The van der Waals surface area contributed by atoms with Crippen molar-refractivity contribution in [1.29, 1.82) is 0 Å². The first-order valence-electron chi connectivity index (χ1n) is 25.8. The Hall–Kier alpha value is -3.56. The highest BCUT2D eigenvalue weighted by Gasteiger charge is 2.32. The van der Waals surface area contributed by atoms with Crippen LogP contribution in [0.2, 0.25) is 0 Å². The van der Waals surface area contributed by atoms with E-state index < -0.39 is 5.41 Å². The summed E-state index contributed by atoms with van der Waals surface area (Å²) in [7, 11) is 0. The fourth-order valence-electron chi connectivity index (χ4n) is 5.52. The molecule has 32 heteroatoms. The Morgan fingerprint density at radius 1 is 0.182 bits per heavy atom. The van der Waals surface area contributed by atoms with Gasteiger partial charge < -0.3 is 94.7 Å². The summed E-state index contributed by atoms with van der Waals surface area (Å²) in [5.74, 6) is 0. The number of ether oxygens (including phenoxy) is 20. The second-order valence-corrected chi connectivity index (χ2v) is 15.3. The van der Waals surface area contributed by atoms with Gasteiger partial charge in [-0.2, -0.15) is 0 Å². The van der Waals surface area contributed by atoms with Crippen LogP contribution >= 0.6 is 0 Å². The largest absolute Gasteiger partial charge is 0.379 e. The normalized spacial score (nSPS) is 11.9. The highest BCUT2D eigenvalue weighted by molar-refractivity contribution is 4.79. The number of nitrogens with zero attached hydrogens (tertiary/aromatic N) is 12. The van der Waals surface area contributed by atoms with Gasteiger partial charge in [-0.15, -0.1) is 0 Å². The Labute approximate surface area is 452 Å². The molecule has 0 aromatic heterocycles. The highest BCUT2D eigenvalue weighted by Crippen LogP contribution is 2.21. The van der Waals surface area contributed by atoms with Gasteiger partial charge in [-0.25, -0.2) is 0 Å². The van der Waals surface area contributed by atoms with E-state index in [0.717, 1.165) is 0 Å². The van der Waals surface area contributed by atoms with Gasteiger partial charge in [0, 0.05) is 45.8 Å². The lowest BCUT2D eigenvalue weighted by molar-refractivity contribution is -0.123. The summed E-state index contributed by atoms with van der Waals surface area (Å²) in [5.41, 5.74) is 32.4. The molecule has 32 nitrogen and oxygen atoms in total. The van der Waals surface area contributed by atoms with E-state index in [9.17, 15) is 0 Å². The van der Waals surface area contributed by atoms with Crippen LogP contribution in [0.5, 0.6) is 0 Å². The molecular formula is C45H88N12O20. The zero-order chi connectivity index (χ0) is 55.4. The van der Waals surface area contributed by atoms with Crippen LogP contribution in [0.15, 0.2) is 20.5 Å². The lowest BCUT2D eigenvalue weighted by Gasteiger charge is -2.33. The lowest BCUT2D eigenvalue weighted by Crippen LogP contribution is -2.43. The Balaban J connectivity index is 5.00. The van der Waals surface area contributed by atoms with Crippen molar-refractivity contribution in [3.8, 4) is 0 Å². The fraction of sp³-hybridized carbons (Fsp3) is 1.00. The van der Waals surface area contributed by atoms with Gasteiger partial charge in [-0.3, -0.25) is 0 Å². The monoisotopic (exact) mass is 1120 g/mol. The van der Waals surface area contributed by atoms with Crippen LogP contribution in [0.25, 0.3) is 41.8 Å². The lowest BCUT2D eigenvalue weighted by atomic mass is 9.92. The Bertz CT molecular complexity index is 1220. The van der Waals surface area contributed by atoms with Crippen LogP contribution in [-0.2, 0) is 94.7 Å². The molecule has 0 atom stereocenters. The first-order valence-corrected chi connectivity index (χ1v) is 25.8. The van der Waals surface area contributed by atoms with Crippen molar-refractivity contribution in [3.05, 3.63) is 41.8 Å². The maximum absolute atomic E-state index is 8.29. The molecule has 0 aromatic carbocycles. The molecule has 0 fully saturated rings. The molecule has 0 bridgehead atoms. The maximum atomic E-state index is 8.29. The maximum Gasteiger partial charge on any atom is 0.0701 e. The van der Waals surface area contributed by atoms with Gasteiger partial charge in [0.1, 0.15) is 0 Å². The first kappa shape index (κ1) is 73.4. The Morgan fingerprint density at radius 2 is 0.299 bits per heavy atom. The van der Waals surface area contributed by atoms with Crippen LogP contribution in [-0.4, -0.2) is 290 Å². The van der Waals surface area contributed by atoms with Crippen molar-refractivity contribution < 1.29 is 94.7 Å². The van der Waals surface area contributed by atoms with E-state index in [1.54, 1.807) is 0 Å². The molecule has 0 saturated heterocycles. The number of hydrogen-bond acceptors (Lipinski definition) is 24. The van der Waals surface area contributed by atoms with Gasteiger partial charge in [-0.05, 0) is 22.1 Å². The smallest absolute Gasteiger partial charge is 0.0701 e. The molecule has 0 spiro atoms. The van der Waals surface area contributed by atoms with E-state index in [1.165, 1.54) is 0 Å². The third-order valence-corrected chi connectivity index (χ3v) is 9.18. The van der Waals surface area contributed by atoms with Gasteiger partial charge in [-0.1, -0.05) is 20.5 Å². The molecule has 0 radical (unpaired) electrons. The van der Waals surface area contributed by atoms with Crippen LogP contribution in [0.1, 0.15) is 0 Å². The molecular weight excluding hydrogens is 1030 g/mol. The molecule has 448 valence electrons. The molecule has 0 N–H and O–H groups in total. The van der Waals surface area contributed by atoms with Gasteiger partial charge >= 0.3 is 0 Å². The molecule has 77 heavy (non-hydrogen) atoms. The Morgan fingerprint density at radius 3 is 0.429 bits per heavy atom. The summed E-state index contributed by atoms with van der Waals surface area (Å²) in [5, 5.41) is 13.6. The van der Waals surface area contributed by atoms with Crippen molar-refractivity contribution in [3.63, 3.8) is 0 Å². The van der Waals surface area contributed by atoms with E-state index in [-0.39, 0.29) is 52.6 Å². The van der Waals surface area contributed by atoms with Crippen molar-refractivity contribution >= 4 is 0 Å². The molecule has 0 aromatic rings. The first-order chi connectivity index (χ1) is 38.2. The van der Waals surface area contributed by atoms with E-state index in [1.807, 2.05) is 0 Å². The van der Waals surface area contributed by atoms with Crippen LogP contribution in [0, 0.1) is 5.41 Å². The summed E-state index contributed by atoms with van der Waals surface area (Å²) < 4.78 is 113. The average molecular weight is 1120 g/mol. The third kappa shape index (κ3) is 61.5. The minimum atomic E-state index is -0.727. The minimum absolute atomic E-state index is 0.232. The molecule has 0 saturated carbocycles. The predicted octanol–water partition coefficient (Wildman–Crippen LogP) is 3.55. The molecule has 0 rings (SSSR count). The van der Waals surface area contributed by atoms with Crippen LogP contribution < -0.4 is 0 Å². The molecule has 0 aliphatic rings. The zero-order valence-corrected chi connectivity index (χ0v) is 45.1. The summed E-state index contributed by atoms with van der Waals surface area (Å²) in [6.07, 6.45) is 0. The van der Waals surface area contributed by atoms with E-state index in [2.05, 4.69) is 40.1 Å². The summed E-state index contributed by atoms with van der Waals surface area (Å²) in [6.45, 7) is 15.5. The Kier molecular flexibility index (Phi) is 63.6. The predicted molar refractivity (Wildman–Crippen MR) is 275 cm³/mol. The van der Waals surface area contributed by atoms with Gasteiger partial charge in [0.15, 0.2) is 0 Å². The fourth-order valence-corrected chi connectivity index (χ4v) is 5.52. The van der Waals surface area contributed by atoms with E-state index >= 15 is 0 Å². The molecule has 0 aliphatic carbocycles. The minimum Gasteiger partial charge on any atom is -0.379 e. The standard InChI is InChI=1S/C45H88N12O20/c46-54-50-1-5-58-9-13-62-17-21-66-25-29-70-33-37-74-41-45(42-75-38-34-71-30-26-67-22-18-63-14-10-59-6-2-51-55-47,43-76-39-35-72-31-27-68-23-19-64-15-11-60-7-3-52-56-48)44-77-40-36-73-32-28-69-24-20-65-16-12-61-8-4-53-57-49/h1-44H2. The highest BCUT2D eigenvalue weighted by atomic mass is 16.6. The average Bonchev–Trinajstić information content (AvgIpc) is 3.44. The number of hydrogen-bond donors (Lipinski definition) is 0. The number of azide groups is 4. The summed E-state index contributed by atoms with van der Waals surface area (Å²) in [4.78, 5) is 10.7. The second kappa shape index (κ2) is 66.7. The van der Waals surface area contributed by atoms with Crippen molar-refractivity contribution in [2.24, 2.45) is 25.9 Å².